The van der Waals surface area contributed by atoms with Crippen LogP contribution in [0.3, 0.4) is 0 Å². The van der Waals surface area contributed by atoms with Crippen LogP contribution in [0.1, 0.15) is 66.7 Å². The van der Waals surface area contributed by atoms with Crippen molar-refractivity contribution in [2.24, 2.45) is 11.8 Å². The van der Waals surface area contributed by atoms with Gasteiger partial charge in [0, 0.05) is 0 Å². The number of halogens is 1. The minimum atomic E-state index is -1.00. The molecule has 18 heavy (non-hydrogen) atoms. The highest BCUT2D eigenvalue weighted by molar-refractivity contribution is 5.10. The maximum atomic E-state index is 13.6. The van der Waals surface area contributed by atoms with E-state index in [9.17, 15) is 4.39 Å². The number of hydrogen-bond acceptors (Lipinski definition) is 0. The lowest BCUT2D eigenvalue weighted by Crippen LogP contribution is -2.19. The minimum Gasteiger partial charge on any atom is -0.244 e. The molecule has 0 spiro atoms. The van der Waals surface area contributed by atoms with Crippen LogP contribution in [0.4, 0.5) is 4.39 Å². The maximum absolute atomic E-state index is 13.6. The quantitative estimate of drug-likeness (QED) is 0.503. The van der Waals surface area contributed by atoms with Gasteiger partial charge in [0.1, 0.15) is 5.67 Å². The summed E-state index contributed by atoms with van der Waals surface area (Å²) in [6.45, 7) is 13.7. The van der Waals surface area contributed by atoms with E-state index >= 15 is 0 Å². The van der Waals surface area contributed by atoms with Crippen LogP contribution in [-0.4, -0.2) is 5.67 Å². The first-order valence-corrected chi connectivity index (χ1v) is 7.27. The molecule has 0 N–H and O–H groups in total. The van der Waals surface area contributed by atoms with Crippen LogP contribution in [0.25, 0.3) is 0 Å². The molecular formula is C17H31F. The van der Waals surface area contributed by atoms with Crippen LogP contribution in [0.5, 0.6) is 0 Å². The van der Waals surface area contributed by atoms with Crippen LogP contribution < -0.4 is 0 Å². The van der Waals surface area contributed by atoms with Crippen molar-refractivity contribution in [1.82, 2.24) is 0 Å². The fourth-order valence-corrected chi connectivity index (χ4v) is 1.62. The molecule has 0 bridgehead atoms. The Balaban J connectivity index is 0.000000601. The molecule has 1 aliphatic carbocycles. The second-order valence-corrected chi connectivity index (χ2v) is 6.24. The molecule has 2 unspecified atom stereocenters. The first-order valence-electron chi connectivity index (χ1n) is 7.27. The van der Waals surface area contributed by atoms with E-state index in [1.54, 1.807) is 6.92 Å². The zero-order chi connectivity index (χ0) is 14.2. The summed E-state index contributed by atoms with van der Waals surface area (Å²) >= 11 is 0. The number of rotatable bonds is 6. The van der Waals surface area contributed by atoms with Crippen molar-refractivity contribution in [1.29, 1.82) is 0 Å². The molecule has 0 heterocycles. The predicted molar refractivity (Wildman–Crippen MR) is 80.6 cm³/mol. The van der Waals surface area contributed by atoms with Gasteiger partial charge in [0.2, 0.25) is 0 Å². The molecule has 0 aromatic heterocycles. The molecule has 0 radical (unpaired) electrons. The smallest absolute Gasteiger partial charge is 0.108 e. The van der Waals surface area contributed by atoms with Gasteiger partial charge in [-0.25, -0.2) is 4.39 Å². The van der Waals surface area contributed by atoms with Crippen LogP contribution in [0.15, 0.2) is 24.3 Å². The van der Waals surface area contributed by atoms with Gasteiger partial charge in [-0.05, 0) is 44.9 Å². The normalized spacial score (nSPS) is 19.9. The first kappa shape index (κ1) is 17.4. The zero-order valence-electron chi connectivity index (χ0n) is 12.9. The average molecular weight is 254 g/mol. The molecule has 1 aliphatic rings. The molecule has 0 saturated heterocycles. The van der Waals surface area contributed by atoms with Gasteiger partial charge in [-0.15, -0.1) is 0 Å². The first-order chi connectivity index (χ1) is 8.26. The number of allylic oxidation sites excluding steroid dienone is 3. The largest absolute Gasteiger partial charge is 0.244 e. The molecular weight excluding hydrogens is 223 g/mol. The van der Waals surface area contributed by atoms with Gasteiger partial charge < -0.3 is 0 Å². The van der Waals surface area contributed by atoms with Gasteiger partial charge in [-0.2, -0.15) is 0 Å². The number of hydrogen-bond donors (Lipinski definition) is 0. The van der Waals surface area contributed by atoms with Crippen LogP contribution in [0, 0.1) is 11.8 Å². The summed E-state index contributed by atoms with van der Waals surface area (Å²) in [6.07, 6.45) is 9.23. The fourth-order valence-electron chi connectivity index (χ4n) is 1.62. The summed E-state index contributed by atoms with van der Waals surface area (Å²) in [6, 6.07) is 0. The molecule has 0 aromatic rings. The standard InChI is InChI=1S/C13H23F.C4H8/c1-6-13(5,14)10-12(4)9-7-8-11(2)3;1-4-2-3-4/h7-8,12H,2,6,9-10H2,1,3-5H3;4H,2-3H2,1H3/b8-7+;. The topological polar surface area (TPSA) is 0 Å². The number of alkyl halides is 1. The molecule has 0 aromatic carbocycles. The van der Waals surface area contributed by atoms with Crippen LogP contribution in [-0.2, 0) is 0 Å². The van der Waals surface area contributed by atoms with E-state index in [0.29, 0.717) is 18.8 Å². The fraction of sp³-hybridized carbons (Fsp3) is 0.765. The summed E-state index contributed by atoms with van der Waals surface area (Å²) < 4.78 is 13.6. The summed E-state index contributed by atoms with van der Waals surface area (Å²) in [5, 5.41) is 0. The molecule has 2 atom stereocenters. The molecule has 0 amide bonds. The molecule has 0 aliphatic heterocycles. The van der Waals surface area contributed by atoms with Gasteiger partial charge >= 0.3 is 0 Å². The van der Waals surface area contributed by atoms with E-state index in [2.05, 4.69) is 26.5 Å². The third-order valence-electron chi connectivity index (χ3n) is 3.32. The van der Waals surface area contributed by atoms with E-state index in [1.165, 1.54) is 12.8 Å². The summed E-state index contributed by atoms with van der Waals surface area (Å²) in [5.74, 6) is 1.49. The van der Waals surface area contributed by atoms with E-state index in [4.69, 9.17) is 0 Å². The lowest BCUT2D eigenvalue weighted by molar-refractivity contribution is 0.144. The highest BCUT2D eigenvalue weighted by Crippen LogP contribution is 2.27. The Hall–Kier alpha value is -0.590. The van der Waals surface area contributed by atoms with Crippen molar-refractivity contribution in [2.75, 3.05) is 0 Å². The molecule has 1 saturated carbocycles. The zero-order valence-corrected chi connectivity index (χ0v) is 12.9. The van der Waals surface area contributed by atoms with Gasteiger partial charge in [0.15, 0.2) is 0 Å². The molecule has 106 valence electrons. The highest BCUT2D eigenvalue weighted by atomic mass is 19.1. The molecule has 1 rings (SSSR count). The Morgan fingerprint density at radius 3 is 2.33 bits per heavy atom. The maximum Gasteiger partial charge on any atom is 0.108 e. The van der Waals surface area contributed by atoms with Gasteiger partial charge in [-0.1, -0.05) is 57.9 Å². The van der Waals surface area contributed by atoms with Crippen LogP contribution in [0.2, 0.25) is 0 Å². The van der Waals surface area contributed by atoms with Gasteiger partial charge in [0.25, 0.3) is 0 Å². The van der Waals surface area contributed by atoms with E-state index in [0.717, 1.165) is 17.9 Å². The Kier molecular flexibility index (Phi) is 8.22. The third-order valence-corrected chi connectivity index (χ3v) is 3.32. The van der Waals surface area contributed by atoms with Gasteiger partial charge in [0.05, 0.1) is 0 Å². The van der Waals surface area contributed by atoms with Crippen molar-refractivity contribution in [3.8, 4) is 0 Å². The lowest BCUT2D eigenvalue weighted by Gasteiger charge is -2.21. The van der Waals surface area contributed by atoms with Crippen molar-refractivity contribution in [2.45, 2.75) is 72.4 Å². The summed E-state index contributed by atoms with van der Waals surface area (Å²) in [5.41, 5.74) is 0.0481. The Labute approximate surface area is 113 Å². The van der Waals surface area contributed by atoms with Crippen molar-refractivity contribution in [3.05, 3.63) is 24.3 Å². The lowest BCUT2D eigenvalue weighted by atomic mass is 9.90. The molecule has 0 nitrogen and oxygen atoms in total. The van der Waals surface area contributed by atoms with E-state index in [-0.39, 0.29) is 0 Å². The SMILES string of the molecule is C=C(C)/C=C/CC(C)CC(C)(F)CC.CC1CC1. The third kappa shape index (κ3) is 11.9. The second-order valence-electron chi connectivity index (χ2n) is 6.24. The summed E-state index contributed by atoms with van der Waals surface area (Å²) in [7, 11) is 0. The van der Waals surface area contributed by atoms with Crippen molar-refractivity contribution in [3.63, 3.8) is 0 Å². The predicted octanol–water partition coefficient (Wildman–Crippen LogP) is 6.09. The summed E-state index contributed by atoms with van der Waals surface area (Å²) in [4.78, 5) is 0. The van der Waals surface area contributed by atoms with Crippen LogP contribution >= 0.6 is 0 Å². The Morgan fingerprint density at radius 2 is 2.00 bits per heavy atom. The van der Waals surface area contributed by atoms with E-state index < -0.39 is 5.67 Å². The molecule has 1 heteroatoms. The van der Waals surface area contributed by atoms with Crippen molar-refractivity contribution >= 4 is 0 Å². The average Bonchev–Trinajstić information content (AvgIpc) is 3.00. The monoisotopic (exact) mass is 254 g/mol. The van der Waals surface area contributed by atoms with Gasteiger partial charge in [-0.3, -0.25) is 0 Å². The Morgan fingerprint density at radius 1 is 1.50 bits per heavy atom. The molecule has 1 fully saturated rings. The van der Waals surface area contributed by atoms with Crippen molar-refractivity contribution < 1.29 is 4.39 Å². The Bertz CT molecular complexity index is 259. The highest BCUT2D eigenvalue weighted by Gasteiger charge is 2.22. The second kappa shape index (κ2) is 8.50. The minimum absolute atomic E-state index is 0.403. The van der Waals surface area contributed by atoms with E-state index in [1.807, 2.05) is 19.9 Å².